The summed E-state index contributed by atoms with van der Waals surface area (Å²) >= 11 is 7.14. The molecular weight excluding hydrogens is 322 g/mol. The molecule has 0 rings (SSSR count). The predicted molar refractivity (Wildman–Crippen MR) is 109 cm³/mol. The third-order valence-electron chi connectivity index (χ3n) is 4.41. The molecule has 0 saturated carbocycles. The molecule has 0 radical (unpaired) electrons. The van der Waals surface area contributed by atoms with Crippen molar-refractivity contribution in [1.82, 2.24) is 4.90 Å². The number of carbonyl (C=O) groups is 1. The van der Waals surface area contributed by atoms with Crippen molar-refractivity contribution in [3.8, 4) is 0 Å². The molecule has 23 heavy (non-hydrogen) atoms. The minimum atomic E-state index is 0.175. The Labute approximate surface area is 154 Å². The highest BCUT2D eigenvalue weighted by molar-refractivity contribution is 8.22. The Hall–Kier alpha value is -0.0900. The van der Waals surface area contributed by atoms with Crippen molar-refractivity contribution in [2.45, 2.75) is 85.5 Å². The molecule has 0 spiro atoms. The topological polar surface area (TPSA) is 20.3 Å². The number of hydrogen-bond donors (Lipinski definition) is 0. The molecule has 0 aliphatic rings. The Balaban J connectivity index is 3.87. The summed E-state index contributed by atoms with van der Waals surface area (Å²) in [6.07, 6.45) is 11.6. The zero-order chi connectivity index (χ0) is 17.5. The van der Waals surface area contributed by atoms with E-state index in [2.05, 4.69) is 25.7 Å². The van der Waals surface area contributed by atoms with E-state index >= 15 is 0 Å². The van der Waals surface area contributed by atoms with Gasteiger partial charge in [-0.05, 0) is 27.2 Å². The fourth-order valence-corrected chi connectivity index (χ4v) is 4.32. The summed E-state index contributed by atoms with van der Waals surface area (Å²) in [6, 6.07) is 0. The molecule has 0 fully saturated rings. The lowest BCUT2D eigenvalue weighted by Crippen LogP contribution is -2.28. The second kappa shape index (κ2) is 15.4. The van der Waals surface area contributed by atoms with Crippen LogP contribution in [0.1, 0.15) is 85.5 Å². The van der Waals surface area contributed by atoms with Crippen molar-refractivity contribution in [2.24, 2.45) is 5.92 Å². The maximum atomic E-state index is 11.8. The predicted octanol–water partition coefficient (Wildman–Crippen LogP) is 6.08. The maximum absolute atomic E-state index is 11.8. The molecule has 0 aromatic heterocycles. The second-order valence-electron chi connectivity index (χ2n) is 6.32. The number of thioether (sulfide) groups is 1. The zero-order valence-corrected chi connectivity index (χ0v) is 17.4. The lowest BCUT2D eigenvalue weighted by molar-refractivity contribution is -0.120. The van der Waals surface area contributed by atoms with Crippen molar-refractivity contribution in [2.75, 3.05) is 18.8 Å². The number of rotatable bonds is 14. The molecule has 0 N–H and O–H groups in total. The second-order valence-corrected chi connectivity index (χ2v) is 7.97. The van der Waals surface area contributed by atoms with Gasteiger partial charge in [-0.2, -0.15) is 0 Å². The highest BCUT2D eigenvalue weighted by atomic mass is 32.2. The van der Waals surface area contributed by atoms with E-state index in [4.69, 9.17) is 12.2 Å². The van der Waals surface area contributed by atoms with E-state index in [-0.39, 0.29) is 5.92 Å². The molecule has 1 atom stereocenters. The first-order chi connectivity index (χ1) is 11.1. The van der Waals surface area contributed by atoms with Crippen LogP contribution in [0.2, 0.25) is 0 Å². The Morgan fingerprint density at radius 3 is 1.96 bits per heavy atom. The molecule has 2 nitrogen and oxygen atoms in total. The van der Waals surface area contributed by atoms with Gasteiger partial charge < -0.3 is 4.90 Å². The third kappa shape index (κ3) is 12.0. The van der Waals surface area contributed by atoms with Crippen LogP contribution in [-0.4, -0.2) is 33.8 Å². The lowest BCUT2D eigenvalue weighted by atomic mass is 9.98. The summed E-state index contributed by atoms with van der Waals surface area (Å²) in [4.78, 5) is 14.0. The zero-order valence-electron chi connectivity index (χ0n) is 15.7. The van der Waals surface area contributed by atoms with Crippen LogP contribution in [0.15, 0.2) is 0 Å². The largest absolute Gasteiger partial charge is 0.358 e. The molecule has 0 aliphatic carbocycles. The van der Waals surface area contributed by atoms with Crippen LogP contribution in [0, 0.1) is 5.92 Å². The Kier molecular flexibility index (Phi) is 15.4. The number of carbonyl (C=O) groups excluding carboxylic acids is 1. The summed E-state index contributed by atoms with van der Waals surface area (Å²) in [6.45, 7) is 10.1. The van der Waals surface area contributed by atoms with Gasteiger partial charge in [0, 0.05) is 24.8 Å². The van der Waals surface area contributed by atoms with Gasteiger partial charge in [-0.3, -0.25) is 4.79 Å². The molecule has 0 aromatic carbocycles. The smallest absolute Gasteiger partial charge is 0.136 e. The van der Waals surface area contributed by atoms with E-state index in [1.165, 1.54) is 51.4 Å². The molecule has 0 bridgehead atoms. The van der Waals surface area contributed by atoms with Crippen molar-refractivity contribution in [3.63, 3.8) is 0 Å². The van der Waals surface area contributed by atoms with Crippen molar-refractivity contribution >= 4 is 34.1 Å². The van der Waals surface area contributed by atoms with E-state index in [0.717, 1.165) is 29.6 Å². The number of Topliss-reactive ketones (excluding diaryl/α,β-unsaturated/α-hetero) is 1. The monoisotopic (exact) mass is 359 g/mol. The fourth-order valence-electron chi connectivity index (χ4n) is 2.67. The van der Waals surface area contributed by atoms with Crippen molar-refractivity contribution in [1.29, 1.82) is 0 Å². The Morgan fingerprint density at radius 1 is 0.957 bits per heavy atom. The third-order valence-corrected chi connectivity index (χ3v) is 6.10. The minimum Gasteiger partial charge on any atom is -0.358 e. The quantitative estimate of drug-likeness (QED) is 0.276. The van der Waals surface area contributed by atoms with Crippen LogP contribution >= 0.6 is 24.0 Å². The summed E-state index contributed by atoms with van der Waals surface area (Å²) in [5.41, 5.74) is 0. The summed E-state index contributed by atoms with van der Waals surface area (Å²) in [7, 11) is 0. The van der Waals surface area contributed by atoms with Gasteiger partial charge in [0.05, 0.1) is 0 Å². The Bertz CT molecular complexity index is 316. The number of hydrogen-bond acceptors (Lipinski definition) is 3. The molecular formula is C19H37NOS2. The van der Waals surface area contributed by atoms with E-state index in [1.807, 2.05) is 0 Å². The molecule has 0 heterocycles. The van der Waals surface area contributed by atoms with Gasteiger partial charge in [-0.1, -0.05) is 82.3 Å². The molecule has 0 amide bonds. The van der Waals surface area contributed by atoms with Gasteiger partial charge in [-0.25, -0.2) is 0 Å². The lowest BCUT2D eigenvalue weighted by Gasteiger charge is -2.22. The Morgan fingerprint density at radius 2 is 1.48 bits per heavy atom. The van der Waals surface area contributed by atoms with Gasteiger partial charge in [0.15, 0.2) is 0 Å². The van der Waals surface area contributed by atoms with Gasteiger partial charge in [0.1, 0.15) is 10.1 Å². The van der Waals surface area contributed by atoms with Crippen LogP contribution in [0.5, 0.6) is 0 Å². The van der Waals surface area contributed by atoms with E-state index in [0.29, 0.717) is 5.78 Å². The van der Waals surface area contributed by atoms with Gasteiger partial charge >= 0.3 is 0 Å². The number of thiocarbonyl (C=S) groups is 1. The number of nitrogens with zero attached hydrogens (tertiary/aromatic N) is 1. The van der Waals surface area contributed by atoms with Gasteiger partial charge in [0.2, 0.25) is 0 Å². The van der Waals surface area contributed by atoms with E-state index in [1.54, 1.807) is 18.7 Å². The highest BCUT2D eigenvalue weighted by Gasteiger charge is 2.16. The van der Waals surface area contributed by atoms with Crippen LogP contribution < -0.4 is 0 Å². The van der Waals surface area contributed by atoms with E-state index in [9.17, 15) is 4.79 Å². The van der Waals surface area contributed by atoms with Crippen LogP contribution in [0.4, 0.5) is 0 Å². The number of ketones is 1. The molecule has 0 saturated heterocycles. The molecule has 0 aliphatic heterocycles. The maximum Gasteiger partial charge on any atom is 0.136 e. The first-order valence-corrected chi connectivity index (χ1v) is 10.9. The SMILES string of the molecule is CCCCCCCCCCC(CSC(=S)N(CC)CC)C(C)=O. The average molecular weight is 360 g/mol. The van der Waals surface area contributed by atoms with Crippen molar-refractivity contribution < 1.29 is 4.79 Å². The first-order valence-electron chi connectivity index (χ1n) is 9.48. The molecule has 1 unspecified atom stereocenters. The molecule has 136 valence electrons. The summed E-state index contributed by atoms with van der Waals surface area (Å²) in [5, 5.41) is 0. The summed E-state index contributed by atoms with van der Waals surface area (Å²) < 4.78 is 0.942. The number of unbranched alkanes of at least 4 members (excludes halogenated alkanes) is 7. The van der Waals surface area contributed by atoms with E-state index < -0.39 is 0 Å². The molecule has 4 heteroatoms. The fraction of sp³-hybridized carbons (Fsp3) is 0.895. The first kappa shape index (κ1) is 22.9. The highest BCUT2D eigenvalue weighted by Crippen LogP contribution is 2.20. The minimum absolute atomic E-state index is 0.175. The van der Waals surface area contributed by atoms with Gasteiger partial charge in [-0.15, -0.1) is 0 Å². The molecule has 0 aromatic rings. The van der Waals surface area contributed by atoms with Crippen LogP contribution in [-0.2, 0) is 4.79 Å². The normalized spacial score (nSPS) is 12.2. The average Bonchev–Trinajstić information content (AvgIpc) is 2.53. The van der Waals surface area contributed by atoms with Crippen LogP contribution in [0.25, 0.3) is 0 Å². The summed E-state index contributed by atoms with van der Waals surface area (Å²) in [5.74, 6) is 1.35. The van der Waals surface area contributed by atoms with Crippen molar-refractivity contribution in [3.05, 3.63) is 0 Å². The van der Waals surface area contributed by atoms with Crippen LogP contribution in [0.3, 0.4) is 0 Å². The standard InChI is InChI=1S/C19H37NOS2/c1-5-8-9-10-11-12-13-14-15-18(17(4)21)16-23-19(22)20(6-2)7-3/h18H,5-16H2,1-4H3. The van der Waals surface area contributed by atoms with Gasteiger partial charge in [0.25, 0.3) is 0 Å².